The Morgan fingerprint density at radius 3 is 2.62 bits per heavy atom. The molecule has 6 nitrogen and oxygen atoms in total. The number of aromatic nitrogens is 1. The summed E-state index contributed by atoms with van der Waals surface area (Å²) < 4.78 is 24.4. The summed E-state index contributed by atoms with van der Waals surface area (Å²) in [5.74, 6) is 1.53. The van der Waals surface area contributed by atoms with Crippen LogP contribution in [0.3, 0.4) is 0 Å². The molecule has 0 radical (unpaired) electrons. The maximum Gasteiger partial charge on any atom is 0.191 e. The highest BCUT2D eigenvalue weighted by Gasteiger charge is 2.10. The second kappa shape index (κ2) is 11.0. The summed E-state index contributed by atoms with van der Waals surface area (Å²) >= 11 is 0. The van der Waals surface area contributed by atoms with Crippen LogP contribution in [0.2, 0.25) is 0 Å². The highest BCUT2D eigenvalue weighted by Crippen LogP contribution is 2.16. The first-order valence-corrected chi connectivity index (χ1v) is 8.30. The van der Waals surface area contributed by atoms with Crippen molar-refractivity contribution in [2.45, 2.75) is 39.3 Å². The van der Waals surface area contributed by atoms with E-state index in [1.54, 1.807) is 25.2 Å². The van der Waals surface area contributed by atoms with Crippen molar-refractivity contribution in [3.63, 3.8) is 0 Å². The van der Waals surface area contributed by atoms with Crippen LogP contribution in [0.15, 0.2) is 39.8 Å². The van der Waals surface area contributed by atoms with E-state index in [0.717, 1.165) is 11.5 Å². The number of benzene rings is 1. The Labute approximate surface area is 170 Å². The number of rotatable bonds is 7. The number of halogens is 2. The largest absolute Gasteiger partial charge is 0.486 e. The molecule has 2 aromatic rings. The van der Waals surface area contributed by atoms with Crippen molar-refractivity contribution in [2.75, 3.05) is 13.6 Å². The zero-order chi connectivity index (χ0) is 18.2. The Bertz CT molecular complexity index is 706. The molecule has 1 aromatic heterocycles. The number of nitrogens with zero attached hydrogens (tertiary/aromatic N) is 2. The molecule has 2 N–H and O–H groups in total. The Kier molecular flexibility index (Phi) is 9.39. The van der Waals surface area contributed by atoms with Crippen molar-refractivity contribution in [3.05, 3.63) is 47.6 Å². The molecular formula is C18H26FIN4O2. The summed E-state index contributed by atoms with van der Waals surface area (Å²) in [6.45, 7) is 6.93. The van der Waals surface area contributed by atoms with Crippen molar-refractivity contribution in [1.82, 2.24) is 15.8 Å². The highest BCUT2D eigenvalue weighted by atomic mass is 127. The number of ether oxygens (including phenoxy) is 1. The van der Waals surface area contributed by atoms with Crippen LogP contribution in [-0.2, 0) is 6.54 Å². The smallest absolute Gasteiger partial charge is 0.191 e. The van der Waals surface area contributed by atoms with Gasteiger partial charge in [-0.2, -0.15) is 0 Å². The molecule has 8 heteroatoms. The molecular weight excluding hydrogens is 450 g/mol. The molecule has 0 saturated heterocycles. The zero-order valence-corrected chi connectivity index (χ0v) is 17.8. The number of para-hydroxylation sites is 1. The van der Waals surface area contributed by atoms with Crippen LogP contribution in [0, 0.1) is 5.82 Å². The van der Waals surface area contributed by atoms with E-state index < -0.39 is 0 Å². The second-order valence-electron chi connectivity index (χ2n) is 6.04. The molecule has 0 aliphatic heterocycles. The number of guanidine groups is 1. The zero-order valence-electron chi connectivity index (χ0n) is 15.5. The number of hydrogen-bond acceptors (Lipinski definition) is 4. The summed E-state index contributed by atoms with van der Waals surface area (Å²) in [4.78, 5) is 4.14. The van der Waals surface area contributed by atoms with E-state index in [0.29, 0.717) is 25.0 Å². The van der Waals surface area contributed by atoms with Crippen molar-refractivity contribution in [3.8, 4) is 5.75 Å². The molecule has 26 heavy (non-hydrogen) atoms. The van der Waals surface area contributed by atoms with E-state index in [-0.39, 0.29) is 41.6 Å². The van der Waals surface area contributed by atoms with Gasteiger partial charge in [-0.1, -0.05) is 31.1 Å². The number of aliphatic imine (C=N–C) groups is 1. The predicted octanol–water partition coefficient (Wildman–Crippen LogP) is 3.69. The molecule has 1 atom stereocenters. The first-order chi connectivity index (χ1) is 12.0. The fourth-order valence-electron chi connectivity index (χ4n) is 2.11. The Hall–Kier alpha value is -1.84. The van der Waals surface area contributed by atoms with E-state index in [1.807, 2.05) is 13.0 Å². The van der Waals surface area contributed by atoms with Crippen molar-refractivity contribution in [2.24, 2.45) is 4.99 Å². The average molecular weight is 476 g/mol. The number of nitrogens with one attached hydrogen (secondary N) is 2. The fourth-order valence-corrected chi connectivity index (χ4v) is 2.11. The van der Waals surface area contributed by atoms with Gasteiger partial charge in [-0.05, 0) is 25.0 Å². The third-order valence-corrected chi connectivity index (χ3v) is 3.54. The van der Waals surface area contributed by atoms with Crippen LogP contribution in [-0.4, -0.2) is 30.8 Å². The SMILES string of the molecule is CN=C(NCc1cc(C(C)C)no1)NCC(C)Oc1ccccc1F.I. The van der Waals surface area contributed by atoms with Crippen LogP contribution in [0.1, 0.15) is 38.1 Å². The molecule has 1 aromatic carbocycles. The Balaban J connectivity index is 0.00000338. The normalized spacial score (nSPS) is 12.5. The molecule has 144 valence electrons. The third-order valence-electron chi connectivity index (χ3n) is 3.54. The monoisotopic (exact) mass is 476 g/mol. The molecule has 0 spiro atoms. The first-order valence-electron chi connectivity index (χ1n) is 8.30. The van der Waals surface area contributed by atoms with E-state index in [2.05, 4.69) is 34.6 Å². The van der Waals surface area contributed by atoms with Gasteiger partial charge in [0, 0.05) is 13.1 Å². The van der Waals surface area contributed by atoms with Gasteiger partial charge in [0.15, 0.2) is 23.3 Å². The van der Waals surface area contributed by atoms with Crippen LogP contribution < -0.4 is 15.4 Å². The predicted molar refractivity (Wildman–Crippen MR) is 111 cm³/mol. The van der Waals surface area contributed by atoms with Crippen LogP contribution in [0.25, 0.3) is 0 Å². The topological polar surface area (TPSA) is 71.7 Å². The molecule has 0 fully saturated rings. The molecule has 2 rings (SSSR count). The third kappa shape index (κ3) is 6.81. The van der Waals surface area contributed by atoms with Crippen molar-refractivity contribution in [1.29, 1.82) is 0 Å². The van der Waals surface area contributed by atoms with Crippen molar-refractivity contribution < 1.29 is 13.7 Å². The van der Waals surface area contributed by atoms with Gasteiger partial charge >= 0.3 is 0 Å². The highest BCUT2D eigenvalue weighted by molar-refractivity contribution is 14.0. The molecule has 0 amide bonds. The summed E-state index contributed by atoms with van der Waals surface area (Å²) in [5, 5.41) is 10.3. The van der Waals surface area contributed by atoms with Crippen LogP contribution in [0.4, 0.5) is 4.39 Å². The molecule has 1 unspecified atom stereocenters. The van der Waals surface area contributed by atoms with Crippen molar-refractivity contribution >= 4 is 29.9 Å². The van der Waals surface area contributed by atoms with E-state index >= 15 is 0 Å². The Morgan fingerprint density at radius 1 is 1.27 bits per heavy atom. The first kappa shape index (κ1) is 22.2. The van der Waals surface area contributed by atoms with E-state index in [9.17, 15) is 4.39 Å². The molecule has 0 aliphatic rings. The average Bonchev–Trinajstić information content (AvgIpc) is 3.06. The summed E-state index contributed by atoms with van der Waals surface area (Å²) in [6.07, 6.45) is -0.228. The minimum atomic E-state index is -0.372. The van der Waals surface area contributed by atoms with Gasteiger partial charge in [-0.25, -0.2) is 4.39 Å². The number of hydrogen-bond donors (Lipinski definition) is 2. The minimum absolute atomic E-state index is 0. The minimum Gasteiger partial charge on any atom is -0.486 e. The lowest BCUT2D eigenvalue weighted by Crippen LogP contribution is -2.41. The standard InChI is InChI=1S/C18H25FN4O2.HI/c1-12(2)16-9-14(25-23-16)11-22-18(20-4)21-10-13(3)24-17-8-6-5-7-15(17)19;/h5-9,12-13H,10-11H2,1-4H3,(H2,20,21,22);1H. The molecule has 1 heterocycles. The van der Waals surface area contributed by atoms with E-state index in [4.69, 9.17) is 9.26 Å². The summed E-state index contributed by atoms with van der Waals surface area (Å²) in [5.41, 5.74) is 0.923. The lowest BCUT2D eigenvalue weighted by atomic mass is 10.1. The molecule has 0 saturated carbocycles. The van der Waals surface area contributed by atoms with Crippen LogP contribution >= 0.6 is 24.0 Å². The fraction of sp³-hybridized carbons (Fsp3) is 0.444. The quantitative estimate of drug-likeness (QED) is 0.363. The summed E-state index contributed by atoms with van der Waals surface area (Å²) in [7, 11) is 1.68. The van der Waals surface area contributed by atoms with Gasteiger partial charge in [-0.15, -0.1) is 24.0 Å². The summed E-state index contributed by atoms with van der Waals surface area (Å²) in [6, 6.07) is 8.27. The van der Waals surface area contributed by atoms with Gasteiger partial charge in [-0.3, -0.25) is 4.99 Å². The molecule has 0 bridgehead atoms. The van der Waals surface area contributed by atoms with Gasteiger partial charge < -0.3 is 19.9 Å². The second-order valence-corrected chi connectivity index (χ2v) is 6.04. The molecule has 0 aliphatic carbocycles. The van der Waals surface area contributed by atoms with Gasteiger partial charge in [0.05, 0.1) is 18.8 Å². The lowest BCUT2D eigenvalue weighted by Gasteiger charge is -2.17. The Morgan fingerprint density at radius 2 is 2.00 bits per heavy atom. The van der Waals surface area contributed by atoms with Crippen LogP contribution in [0.5, 0.6) is 5.75 Å². The van der Waals surface area contributed by atoms with Gasteiger partial charge in [0.1, 0.15) is 6.10 Å². The van der Waals surface area contributed by atoms with Gasteiger partial charge in [0.25, 0.3) is 0 Å². The van der Waals surface area contributed by atoms with Gasteiger partial charge in [0.2, 0.25) is 0 Å². The maximum atomic E-state index is 13.6. The maximum absolute atomic E-state index is 13.6. The van der Waals surface area contributed by atoms with E-state index in [1.165, 1.54) is 6.07 Å². The lowest BCUT2D eigenvalue weighted by molar-refractivity contribution is 0.214.